The largest absolute Gasteiger partial charge is 0.497 e. The number of primary amides is 1. The second kappa shape index (κ2) is 9.77. The summed E-state index contributed by atoms with van der Waals surface area (Å²) in [4.78, 5) is 25.0. The van der Waals surface area contributed by atoms with Gasteiger partial charge in [0.05, 0.1) is 29.8 Å². The van der Waals surface area contributed by atoms with E-state index in [1.54, 1.807) is 23.9 Å². The van der Waals surface area contributed by atoms with Crippen LogP contribution >= 0.6 is 0 Å². The Kier molecular flexibility index (Phi) is 6.47. The van der Waals surface area contributed by atoms with Crippen LogP contribution in [0.5, 0.6) is 5.75 Å². The number of aromatic nitrogens is 2. The molecular formula is C27H25N5O5S. The third-order valence-electron chi connectivity index (χ3n) is 6.42. The highest BCUT2D eigenvalue weighted by Gasteiger charge is 2.28. The molecule has 11 heteroatoms. The summed E-state index contributed by atoms with van der Waals surface area (Å²) in [7, 11) is -2.30. The van der Waals surface area contributed by atoms with Gasteiger partial charge in [-0.1, -0.05) is 18.2 Å². The zero-order chi connectivity index (χ0) is 27.0. The van der Waals surface area contributed by atoms with Crippen LogP contribution in [0.15, 0.2) is 71.6 Å². The van der Waals surface area contributed by atoms with Crippen molar-refractivity contribution in [3.63, 3.8) is 0 Å². The van der Waals surface area contributed by atoms with Crippen LogP contribution in [-0.2, 0) is 34.1 Å². The van der Waals surface area contributed by atoms with Gasteiger partial charge in [0.15, 0.2) is 5.69 Å². The lowest BCUT2D eigenvalue weighted by atomic mass is 9.88. The van der Waals surface area contributed by atoms with Crippen molar-refractivity contribution in [2.45, 2.75) is 24.2 Å². The maximum absolute atomic E-state index is 12.8. The zero-order valence-corrected chi connectivity index (χ0v) is 21.3. The van der Waals surface area contributed by atoms with Gasteiger partial charge >= 0.3 is 0 Å². The topological polar surface area (TPSA) is 159 Å². The van der Waals surface area contributed by atoms with Crippen molar-refractivity contribution in [1.29, 1.82) is 0 Å². The molecule has 0 aliphatic heterocycles. The number of hydrogen-bond acceptors (Lipinski definition) is 6. The number of ether oxygens (including phenoxy) is 1. The molecule has 1 aromatic heterocycles. The van der Waals surface area contributed by atoms with E-state index in [2.05, 4.69) is 10.4 Å². The van der Waals surface area contributed by atoms with Crippen molar-refractivity contribution in [2.75, 3.05) is 12.4 Å². The van der Waals surface area contributed by atoms with Gasteiger partial charge in [0.25, 0.3) is 5.91 Å². The van der Waals surface area contributed by atoms with E-state index in [1.165, 1.54) is 12.1 Å². The van der Waals surface area contributed by atoms with Crippen LogP contribution in [0.2, 0.25) is 0 Å². The summed E-state index contributed by atoms with van der Waals surface area (Å²) in [5.74, 6) is -0.182. The second-order valence-corrected chi connectivity index (χ2v) is 10.5. The van der Waals surface area contributed by atoms with Crippen LogP contribution in [0, 0.1) is 0 Å². The average Bonchev–Trinajstić information content (AvgIpc) is 3.29. The van der Waals surface area contributed by atoms with Crippen LogP contribution in [0.1, 0.15) is 27.2 Å². The first kappa shape index (κ1) is 25.2. The minimum atomic E-state index is -3.87. The fourth-order valence-corrected chi connectivity index (χ4v) is 5.17. The van der Waals surface area contributed by atoms with Gasteiger partial charge in [-0.25, -0.2) is 18.2 Å². The average molecular weight is 532 g/mol. The first-order valence-electron chi connectivity index (χ1n) is 11.7. The Morgan fingerprint density at radius 2 is 1.82 bits per heavy atom. The highest BCUT2D eigenvalue weighted by molar-refractivity contribution is 7.89. The molecule has 1 aliphatic carbocycles. The van der Waals surface area contributed by atoms with E-state index in [4.69, 9.17) is 15.6 Å². The number of carbonyl (C=O) groups excluding carboxylic acids is 2. The molecule has 4 aromatic rings. The lowest BCUT2D eigenvalue weighted by Crippen LogP contribution is -2.16. The van der Waals surface area contributed by atoms with E-state index in [1.807, 2.05) is 42.5 Å². The number of nitrogens with two attached hydrogens (primary N) is 2. The quantitative estimate of drug-likeness (QED) is 0.332. The number of primary sulfonamides is 1. The molecule has 2 amide bonds. The molecule has 0 fully saturated rings. The van der Waals surface area contributed by atoms with E-state index in [0.717, 1.165) is 16.7 Å². The number of rotatable bonds is 7. The molecular weight excluding hydrogens is 506 g/mol. The van der Waals surface area contributed by atoms with Crippen molar-refractivity contribution in [2.24, 2.45) is 10.9 Å². The summed E-state index contributed by atoms with van der Waals surface area (Å²) < 4.78 is 30.2. The number of nitrogens with zero attached hydrogens (tertiary/aromatic N) is 2. The van der Waals surface area contributed by atoms with Gasteiger partial charge in [-0.05, 0) is 72.5 Å². The fraction of sp³-hybridized carbons (Fsp3) is 0.148. The third kappa shape index (κ3) is 4.89. The number of amides is 2. The standard InChI is InChI=1S/C27H25N5O5S/c1-37-20-4-2-3-16(13-20)14-24(33)30-18-7-5-17-6-12-22-25(27(28)34)31-32(26(22)23(17)15-18)19-8-10-21(11-9-19)38(29,35)36/h2-5,7-11,13,15H,6,12,14H2,1H3,(H2,28,34)(H,30,33)(H2,29,35,36). The SMILES string of the molecule is COc1cccc(CC(=O)Nc2ccc3c(c2)-c2c(c(C(N)=O)nn2-c2ccc(S(N)(=O)=O)cc2)CC3)c1. The first-order chi connectivity index (χ1) is 18.1. The first-order valence-corrected chi connectivity index (χ1v) is 13.3. The Balaban J connectivity index is 1.52. The van der Waals surface area contributed by atoms with Crippen molar-refractivity contribution in [3.8, 4) is 22.7 Å². The predicted octanol–water partition coefficient (Wildman–Crippen LogP) is 2.57. The number of aryl methyl sites for hydroxylation is 1. The monoisotopic (exact) mass is 531 g/mol. The molecule has 0 unspecified atom stereocenters. The Hall–Kier alpha value is -4.48. The number of sulfonamides is 1. The molecule has 0 saturated heterocycles. The number of nitrogens with one attached hydrogen (secondary N) is 1. The molecule has 0 bridgehead atoms. The Labute approximate surface area is 219 Å². The summed E-state index contributed by atoms with van der Waals surface area (Å²) in [6, 6.07) is 18.8. The summed E-state index contributed by atoms with van der Waals surface area (Å²) in [6.07, 6.45) is 1.38. The minimum absolute atomic E-state index is 0.0427. The number of anilines is 1. The van der Waals surface area contributed by atoms with Gasteiger partial charge < -0.3 is 15.8 Å². The number of fused-ring (bicyclic) bond motifs is 3. The predicted molar refractivity (Wildman–Crippen MR) is 142 cm³/mol. The number of benzene rings is 3. The molecule has 5 rings (SSSR count). The number of hydrogen-bond donors (Lipinski definition) is 3. The minimum Gasteiger partial charge on any atom is -0.497 e. The molecule has 1 heterocycles. The molecule has 10 nitrogen and oxygen atoms in total. The molecule has 1 aliphatic rings. The molecule has 0 spiro atoms. The molecule has 5 N–H and O–H groups in total. The number of carbonyl (C=O) groups is 2. The molecule has 0 radical (unpaired) electrons. The third-order valence-corrected chi connectivity index (χ3v) is 7.35. The van der Waals surface area contributed by atoms with Gasteiger partial charge in [0.1, 0.15) is 5.75 Å². The fourth-order valence-electron chi connectivity index (χ4n) is 4.65. The van der Waals surface area contributed by atoms with Gasteiger partial charge in [-0.15, -0.1) is 0 Å². The van der Waals surface area contributed by atoms with Crippen LogP contribution in [0.3, 0.4) is 0 Å². The van der Waals surface area contributed by atoms with Gasteiger partial charge in [0, 0.05) is 16.8 Å². The lowest BCUT2D eigenvalue weighted by Gasteiger charge is -2.20. The molecule has 0 saturated carbocycles. The van der Waals surface area contributed by atoms with Gasteiger partial charge in [-0.3, -0.25) is 9.59 Å². The van der Waals surface area contributed by atoms with Crippen LogP contribution in [-0.4, -0.2) is 37.1 Å². The summed E-state index contributed by atoms with van der Waals surface area (Å²) in [6.45, 7) is 0. The highest BCUT2D eigenvalue weighted by atomic mass is 32.2. The van der Waals surface area contributed by atoms with E-state index in [0.29, 0.717) is 41.2 Å². The molecule has 194 valence electrons. The number of methoxy groups -OCH3 is 1. The smallest absolute Gasteiger partial charge is 0.269 e. The van der Waals surface area contributed by atoms with E-state index < -0.39 is 15.9 Å². The molecule has 38 heavy (non-hydrogen) atoms. The van der Waals surface area contributed by atoms with Crippen LogP contribution in [0.25, 0.3) is 16.9 Å². The Morgan fingerprint density at radius 1 is 1.05 bits per heavy atom. The molecule has 3 aromatic carbocycles. The van der Waals surface area contributed by atoms with Crippen LogP contribution in [0.4, 0.5) is 5.69 Å². The lowest BCUT2D eigenvalue weighted by molar-refractivity contribution is -0.115. The van der Waals surface area contributed by atoms with Crippen molar-refractivity contribution >= 4 is 27.5 Å². The Bertz CT molecular complexity index is 1680. The van der Waals surface area contributed by atoms with Crippen molar-refractivity contribution in [1.82, 2.24) is 9.78 Å². The van der Waals surface area contributed by atoms with Gasteiger partial charge in [-0.2, -0.15) is 5.10 Å². The highest BCUT2D eigenvalue weighted by Crippen LogP contribution is 2.38. The molecule has 0 atom stereocenters. The summed E-state index contributed by atoms with van der Waals surface area (Å²) in [5.41, 5.74) is 10.9. The summed E-state index contributed by atoms with van der Waals surface area (Å²) in [5, 5.41) is 12.6. The Morgan fingerprint density at radius 3 is 2.50 bits per heavy atom. The van der Waals surface area contributed by atoms with Crippen molar-refractivity contribution in [3.05, 3.63) is 89.1 Å². The van der Waals surface area contributed by atoms with Crippen molar-refractivity contribution < 1.29 is 22.7 Å². The maximum Gasteiger partial charge on any atom is 0.269 e. The zero-order valence-electron chi connectivity index (χ0n) is 20.5. The van der Waals surface area contributed by atoms with Gasteiger partial charge in [0.2, 0.25) is 15.9 Å². The van der Waals surface area contributed by atoms with E-state index in [-0.39, 0.29) is 22.9 Å². The van der Waals surface area contributed by atoms with E-state index in [9.17, 15) is 18.0 Å². The van der Waals surface area contributed by atoms with Crippen LogP contribution < -0.4 is 20.9 Å². The van der Waals surface area contributed by atoms with E-state index >= 15 is 0 Å². The second-order valence-electron chi connectivity index (χ2n) is 8.94. The maximum atomic E-state index is 12.8. The normalized spacial score (nSPS) is 12.4. The summed E-state index contributed by atoms with van der Waals surface area (Å²) >= 11 is 0.